The number of nitrogens with zero attached hydrogens (tertiary/aromatic N) is 1. The van der Waals surface area contributed by atoms with Crippen LogP contribution in [0.25, 0.3) is 0 Å². The van der Waals surface area contributed by atoms with Crippen molar-refractivity contribution in [3.05, 3.63) is 29.8 Å². The second kappa shape index (κ2) is 7.45. The lowest BCUT2D eigenvalue weighted by molar-refractivity contribution is -0.0830. The van der Waals surface area contributed by atoms with Gasteiger partial charge in [0.25, 0.3) is 0 Å². The van der Waals surface area contributed by atoms with Crippen molar-refractivity contribution >= 4 is 6.03 Å². The minimum absolute atomic E-state index is 0.0633. The van der Waals surface area contributed by atoms with Gasteiger partial charge in [0.1, 0.15) is 5.75 Å². The molecule has 2 atom stereocenters. The van der Waals surface area contributed by atoms with Crippen molar-refractivity contribution in [3.63, 3.8) is 0 Å². The molecule has 2 N–H and O–H groups in total. The number of likely N-dealkylation sites (tertiary alicyclic amines) is 1. The summed E-state index contributed by atoms with van der Waals surface area (Å²) in [5, 5.41) is 6.69. The number of nitrogens with one attached hydrogen (secondary N) is 2. The Hall–Kier alpha value is -1.79. The monoisotopic (exact) mass is 359 g/mol. The normalized spacial score (nSPS) is 27.7. The van der Waals surface area contributed by atoms with Crippen molar-refractivity contribution < 1.29 is 14.3 Å². The summed E-state index contributed by atoms with van der Waals surface area (Å²) in [5.41, 5.74) is 1.48. The third-order valence-corrected chi connectivity index (χ3v) is 6.08. The fourth-order valence-electron chi connectivity index (χ4n) is 4.58. The van der Waals surface area contributed by atoms with Crippen molar-refractivity contribution in [1.82, 2.24) is 15.5 Å². The van der Waals surface area contributed by atoms with E-state index in [4.69, 9.17) is 9.47 Å². The molecule has 6 heteroatoms. The van der Waals surface area contributed by atoms with Crippen LogP contribution in [0.3, 0.4) is 0 Å². The highest BCUT2D eigenvalue weighted by Gasteiger charge is 2.46. The Morgan fingerprint density at radius 3 is 2.85 bits per heavy atom. The molecular weight excluding hydrogens is 330 g/mol. The lowest BCUT2D eigenvalue weighted by Crippen LogP contribution is -2.65. The molecule has 0 bridgehead atoms. The zero-order chi connectivity index (χ0) is 18.0. The van der Waals surface area contributed by atoms with Gasteiger partial charge < -0.3 is 25.0 Å². The van der Waals surface area contributed by atoms with Gasteiger partial charge in [0, 0.05) is 43.6 Å². The van der Waals surface area contributed by atoms with Gasteiger partial charge in [-0.1, -0.05) is 12.1 Å². The largest absolute Gasteiger partial charge is 0.497 e. The molecule has 3 heterocycles. The van der Waals surface area contributed by atoms with Gasteiger partial charge in [-0.3, -0.25) is 0 Å². The molecule has 1 spiro atoms. The first-order valence-corrected chi connectivity index (χ1v) is 9.67. The van der Waals surface area contributed by atoms with Crippen LogP contribution in [0.1, 0.15) is 30.7 Å². The zero-order valence-corrected chi connectivity index (χ0v) is 15.5. The summed E-state index contributed by atoms with van der Waals surface area (Å²) >= 11 is 0. The number of rotatable bonds is 3. The van der Waals surface area contributed by atoms with Crippen LogP contribution in [0.4, 0.5) is 4.79 Å². The maximum Gasteiger partial charge on any atom is 0.317 e. The Kier molecular flexibility index (Phi) is 5.05. The van der Waals surface area contributed by atoms with Crippen LogP contribution in [0.2, 0.25) is 0 Å². The van der Waals surface area contributed by atoms with E-state index in [9.17, 15) is 4.79 Å². The third-order valence-electron chi connectivity index (χ3n) is 6.08. The highest BCUT2D eigenvalue weighted by atomic mass is 16.5. The molecule has 3 saturated heterocycles. The summed E-state index contributed by atoms with van der Waals surface area (Å²) in [7, 11) is 1.68. The number of hydrogen-bond donors (Lipinski definition) is 2. The fraction of sp³-hybridized carbons (Fsp3) is 0.650. The van der Waals surface area contributed by atoms with Gasteiger partial charge in [0.05, 0.1) is 13.7 Å². The standard InChI is InChI=1S/C20H29N3O3/c1-25-16-5-3-15(4-6-16)17-7-9-21-11-18(17)22-19(24)23-12-20(13-23)8-2-10-26-14-20/h3-6,17-18,21H,2,7-14H2,1H3,(H,22,24). The van der Waals surface area contributed by atoms with Crippen molar-refractivity contribution in [2.75, 3.05) is 46.5 Å². The van der Waals surface area contributed by atoms with E-state index in [0.717, 1.165) is 58.0 Å². The fourth-order valence-corrected chi connectivity index (χ4v) is 4.58. The first kappa shape index (κ1) is 17.6. The predicted molar refractivity (Wildman–Crippen MR) is 99.6 cm³/mol. The van der Waals surface area contributed by atoms with Gasteiger partial charge in [-0.25, -0.2) is 4.79 Å². The lowest BCUT2D eigenvalue weighted by Gasteiger charge is -2.52. The summed E-state index contributed by atoms with van der Waals surface area (Å²) in [6, 6.07) is 8.41. The van der Waals surface area contributed by atoms with Crippen LogP contribution in [0, 0.1) is 5.41 Å². The number of hydrogen-bond acceptors (Lipinski definition) is 4. The highest BCUT2D eigenvalue weighted by molar-refractivity contribution is 5.76. The topological polar surface area (TPSA) is 62.8 Å². The first-order valence-electron chi connectivity index (χ1n) is 9.67. The van der Waals surface area contributed by atoms with Gasteiger partial charge in [0.15, 0.2) is 0 Å². The van der Waals surface area contributed by atoms with Crippen molar-refractivity contribution in [1.29, 1.82) is 0 Å². The molecule has 0 saturated carbocycles. The number of carbonyl (C=O) groups is 1. The lowest BCUT2D eigenvalue weighted by atomic mass is 9.75. The van der Waals surface area contributed by atoms with Gasteiger partial charge in [0.2, 0.25) is 0 Å². The van der Waals surface area contributed by atoms with Gasteiger partial charge in [-0.05, 0) is 43.5 Å². The van der Waals surface area contributed by atoms with Crippen molar-refractivity contribution in [2.45, 2.75) is 31.2 Å². The molecule has 4 rings (SSSR count). The Morgan fingerprint density at radius 2 is 2.15 bits per heavy atom. The van der Waals surface area contributed by atoms with Crippen molar-refractivity contribution in [3.8, 4) is 5.75 Å². The molecule has 0 aliphatic carbocycles. The molecule has 142 valence electrons. The molecule has 26 heavy (non-hydrogen) atoms. The molecule has 3 aliphatic rings. The highest BCUT2D eigenvalue weighted by Crippen LogP contribution is 2.38. The summed E-state index contributed by atoms with van der Waals surface area (Å²) in [6.45, 7) is 5.11. The van der Waals surface area contributed by atoms with E-state index in [1.807, 2.05) is 17.0 Å². The van der Waals surface area contributed by atoms with Gasteiger partial charge in [-0.15, -0.1) is 0 Å². The van der Waals surface area contributed by atoms with E-state index < -0.39 is 0 Å². The Labute approximate surface area is 155 Å². The summed E-state index contributed by atoms with van der Waals surface area (Å²) < 4.78 is 10.9. The summed E-state index contributed by atoms with van der Waals surface area (Å²) in [4.78, 5) is 14.7. The van der Waals surface area contributed by atoms with Gasteiger partial charge in [-0.2, -0.15) is 0 Å². The van der Waals surface area contributed by atoms with E-state index in [1.54, 1.807) is 7.11 Å². The van der Waals surface area contributed by atoms with E-state index in [1.165, 1.54) is 12.0 Å². The number of ether oxygens (including phenoxy) is 2. The van der Waals surface area contributed by atoms with Crippen LogP contribution in [-0.2, 0) is 4.74 Å². The molecule has 2 amide bonds. The van der Waals surface area contributed by atoms with E-state index in [2.05, 4.69) is 22.8 Å². The average Bonchev–Trinajstić information content (AvgIpc) is 2.67. The third kappa shape index (κ3) is 3.53. The minimum atomic E-state index is 0.0633. The molecule has 0 radical (unpaired) electrons. The number of benzene rings is 1. The van der Waals surface area contributed by atoms with Crippen LogP contribution in [0.15, 0.2) is 24.3 Å². The van der Waals surface area contributed by atoms with E-state index in [-0.39, 0.29) is 17.5 Å². The molecule has 0 aromatic heterocycles. The number of urea groups is 1. The molecule has 1 aromatic carbocycles. The quantitative estimate of drug-likeness (QED) is 0.866. The second-order valence-corrected chi connectivity index (χ2v) is 7.94. The molecule has 2 unspecified atom stereocenters. The van der Waals surface area contributed by atoms with Gasteiger partial charge >= 0.3 is 6.03 Å². The second-order valence-electron chi connectivity index (χ2n) is 7.94. The maximum absolute atomic E-state index is 12.7. The predicted octanol–water partition coefficient (Wildman–Crippen LogP) is 1.96. The summed E-state index contributed by atoms with van der Waals surface area (Å²) in [6.07, 6.45) is 3.31. The number of methoxy groups -OCH3 is 1. The maximum atomic E-state index is 12.7. The van der Waals surface area contributed by atoms with Crippen molar-refractivity contribution in [2.24, 2.45) is 5.41 Å². The summed E-state index contributed by atoms with van der Waals surface area (Å²) in [5.74, 6) is 1.20. The number of amides is 2. The van der Waals surface area contributed by atoms with Crippen LogP contribution >= 0.6 is 0 Å². The Balaban J connectivity index is 1.36. The minimum Gasteiger partial charge on any atom is -0.497 e. The first-order chi connectivity index (χ1) is 12.7. The number of piperidine rings is 1. The molecule has 1 aromatic rings. The SMILES string of the molecule is COc1ccc(C2CCNCC2NC(=O)N2CC3(CCCOC3)C2)cc1. The van der Waals surface area contributed by atoms with Crippen LogP contribution in [0.5, 0.6) is 5.75 Å². The number of carbonyl (C=O) groups excluding carboxylic acids is 1. The molecule has 6 nitrogen and oxygen atoms in total. The van der Waals surface area contributed by atoms with E-state index in [0.29, 0.717) is 5.92 Å². The zero-order valence-electron chi connectivity index (χ0n) is 15.5. The van der Waals surface area contributed by atoms with Crippen LogP contribution in [-0.4, -0.2) is 63.5 Å². The Morgan fingerprint density at radius 1 is 1.35 bits per heavy atom. The molecule has 3 aliphatic heterocycles. The molecule has 3 fully saturated rings. The van der Waals surface area contributed by atoms with E-state index >= 15 is 0 Å². The Bertz CT molecular complexity index is 620. The van der Waals surface area contributed by atoms with Crippen LogP contribution < -0.4 is 15.4 Å². The molecular formula is C20H29N3O3. The average molecular weight is 359 g/mol. The smallest absolute Gasteiger partial charge is 0.317 e.